The molecule has 5 heteroatoms. The van der Waals surface area contributed by atoms with Crippen LogP contribution in [0, 0.1) is 5.41 Å². The van der Waals surface area contributed by atoms with Crippen LogP contribution in [0.5, 0.6) is 0 Å². The van der Waals surface area contributed by atoms with E-state index in [2.05, 4.69) is 26.5 Å². The van der Waals surface area contributed by atoms with Gasteiger partial charge in [0.15, 0.2) is 0 Å². The van der Waals surface area contributed by atoms with Gasteiger partial charge in [-0.15, -0.1) is 0 Å². The molecule has 0 bridgehead atoms. The quantitative estimate of drug-likeness (QED) is 0.682. The fourth-order valence-corrected chi connectivity index (χ4v) is 2.26. The van der Waals surface area contributed by atoms with E-state index < -0.39 is 12.6 Å². The monoisotopic (exact) mass is 257 g/mol. The first-order chi connectivity index (χ1) is 7.28. The summed E-state index contributed by atoms with van der Waals surface area (Å²) in [7, 11) is 1.75. The van der Waals surface area contributed by atoms with Gasteiger partial charge in [0.25, 0.3) is 0 Å². The maximum atomic E-state index is 12.1. The van der Waals surface area contributed by atoms with E-state index in [1.165, 1.54) is 0 Å². The summed E-state index contributed by atoms with van der Waals surface area (Å²) < 4.78 is 36.2. The van der Waals surface area contributed by atoms with Gasteiger partial charge in [-0.3, -0.25) is 0 Å². The van der Waals surface area contributed by atoms with Crippen LogP contribution in [0.25, 0.3) is 0 Å². The minimum Gasteiger partial charge on any atom is -0.305 e. The highest BCUT2D eigenvalue weighted by molar-refractivity contribution is 7.80. The standard InChI is InChI=1S/C11H22F3NS/c1-4-10(5-2,9-16)8-15(3)7-6-11(12,13)14/h16H,4-9H2,1-3H3. The first kappa shape index (κ1) is 16.1. The predicted molar refractivity (Wildman–Crippen MR) is 65.0 cm³/mol. The normalized spacial score (nSPS) is 13.5. The Bertz CT molecular complexity index is 182. The molecule has 0 aliphatic rings. The van der Waals surface area contributed by atoms with Gasteiger partial charge in [0.1, 0.15) is 0 Å². The molecule has 0 rings (SSSR count). The molecule has 16 heavy (non-hydrogen) atoms. The van der Waals surface area contributed by atoms with Gasteiger partial charge in [-0.1, -0.05) is 13.8 Å². The van der Waals surface area contributed by atoms with Crippen LogP contribution in [0.1, 0.15) is 33.1 Å². The van der Waals surface area contributed by atoms with Crippen molar-refractivity contribution in [2.45, 2.75) is 39.3 Å². The van der Waals surface area contributed by atoms with Gasteiger partial charge < -0.3 is 4.90 Å². The topological polar surface area (TPSA) is 3.24 Å². The van der Waals surface area contributed by atoms with E-state index in [0.717, 1.165) is 18.6 Å². The molecule has 0 atom stereocenters. The van der Waals surface area contributed by atoms with E-state index in [-0.39, 0.29) is 12.0 Å². The molecule has 0 aromatic heterocycles. The Kier molecular flexibility index (Phi) is 6.79. The lowest BCUT2D eigenvalue weighted by Crippen LogP contribution is -2.37. The van der Waals surface area contributed by atoms with Gasteiger partial charge in [0.2, 0.25) is 0 Å². The highest BCUT2D eigenvalue weighted by Gasteiger charge is 2.30. The van der Waals surface area contributed by atoms with E-state index in [0.29, 0.717) is 6.54 Å². The number of nitrogens with zero attached hydrogens (tertiary/aromatic N) is 1. The Morgan fingerprint density at radius 3 is 1.94 bits per heavy atom. The molecule has 0 spiro atoms. The summed E-state index contributed by atoms with van der Waals surface area (Å²) in [5.41, 5.74) is 0.0451. The fraction of sp³-hybridized carbons (Fsp3) is 1.00. The van der Waals surface area contributed by atoms with Crippen molar-refractivity contribution in [2.75, 3.05) is 25.9 Å². The summed E-state index contributed by atoms with van der Waals surface area (Å²) in [5.74, 6) is 0.719. The fourth-order valence-electron chi connectivity index (χ4n) is 1.72. The molecule has 0 aliphatic heterocycles. The summed E-state index contributed by atoms with van der Waals surface area (Å²) in [6, 6.07) is 0. The van der Waals surface area contributed by atoms with Crippen LogP contribution in [0.2, 0.25) is 0 Å². The molecule has 0 radical (unpaired) electrons. The molecular weight excluding hydrogens is 235 g/mol. The van der Waals surface area contributed by atoms with Crippen LogP contribution in [-0.4, -0.2) is 37.0 Å². The second kappa shape index (κ2) is 6.74. The van der Waals surface area contributed by atoms with Crippen molar-refractivity contribution in [1.82, 2.24) is 4.90 Å². The Hall–Kier alpha value is 0.100. The molecule has 0 heterocycles. The van der Waals surface area contributed by atoms with Gasteiger partial charge in [0, 0.05) is 13.1 Å². The number of hydrogen-bond acceptors (Lipinski definition) is 2. The number of rotatable bonds is 7. The average Bonchev–Trinajstić information content (AvgIpc) is 2.22. The molecule has 0 N–H and O–H groups in total. The zero-order valence-corrected chi connectivity index (χ0v) is 11.2. The molecule has 1 nitrogen and oxygen atoms in total. The van der Waals surface area contributed by atoms with Crippen LogP contribution in [0.15, 0.2) is 0 Å². The molecule has 0 saturated carbocycles. The third-order valence-electron chi connectivity index (χ3n) is 3.22. The van der Waals surface area contributed by atoms with Gasteiger partial charge in [-0.2, -0.15) is 25.8 Å². The zero-order valence-electron chi connectivity index (χ0n) is 10.3. The number of thiol groups is 1. The van der Waals surface area contributed by atoms with Gasteiger partial charge in [-0.05, 0) is 31.1 Å². The lowest BCUT2D eigenvalue weighted by Gasteiger charge is -2.34. The highest BCUT2D eigenvalue weighted by atomic mass is 32.1. The van der Waals surface area contributed by atoms with Crippen molar-refractivity contribution < 1.29 is 13.2 Å². The lowest BCUT2D eigenvalue weighted by atomic mass is 9.84. The third kappa shape index (κ3) is 5.99. The smallest absolute Gasteiger partial charge is 0.305 e. The van der Waals surface area contributed by atoms with Crippen molar-refractivity contribution in [3.8, 4) is 0 Å². The van der Waals surface area contributed by atoms with Crippen molar-refractivity contribution >= 4 is 12.6 Å². The van der Waals surface area contributed by atoms with Crippen LogP contribution in [0.4, 0.5) is 13.2 Å². The average molecular weight is 257 g/mol. The Morgan fingerprint density at radius 1 is 1.12 bits per heavy atom. The van der Waals surface area contributed by atoms with E-state index in [9.17, 15) is 13.2 Å². The van der Waals surface area contributed by atoms with Crippen molar-refractivity contribution in [1.29, 1.82) is 0 Å². The maximum Gasteiger partial charge on any atom is 0.390 e. The van der Waals surface area contributed by atoms with E-state index in [4.69, 9.17) is 0 Å². The minimum absolute atomic E-state index is 0.0451. The van der Waals surface area contributed by atoms with E-state index in [1.54, 1.807) is 11.9 Å². The molecule has 0 fully saturated rings. The lowest BCUT2D eigenvalue weighted by molar-refractivity contribution is -0.138. The van der Waals surface area contributed by atoms with Gasteiger partial charge in [0.05, 0.1) is 6.42 Å². The SMILES string of the molecule is CCC(CC)(CS)CN(C)CCC(F)(F)F. The molecular formula is C11H22F3NS. The maximum absolute atomic E-state index is 12.1. The van der Waals surface area contributed by atoms with Crippen LogP contribution >= 0.6 is 12.6 Å². The molecule has 98 valence electrons. The highest BCUT2D eigenvalue weighted by Crippen LogP contribution is 2.29. The van der Waals surface area contributed by atoms with Crippen molar-refractivity contribution in [2.24, 2.45) is 5.41 Å². The zero-order chi connectivity index (χ0) is 12.8. The van der Waals surface area contributed by atoms with Crippen molar-refractivity contribution in [3.63, 3.8) is 0 Å². The van der Waals surface area contributed by atoms with E-state index >= 15 is 0 Å². The largest absolute Gasteiger partial charge is 0.390 e. The van der Waals surface area contributed by atoms with Crippen molar-refractivity contribution in [3.05, 3.63) is 0 Å². The molecule has 0 amide bonds. The number of hydrogen-bond donors (Lipinski definition) is 1. The Balaban J connectivity index is 4.15. The molecule has 0 aliphatic carbocycles. The predicted octanol–water partition coefficient (Wildman–Crippen LogP) is 3.61. The molecule has 0 unspecified atom stereocenters. The number of halogens is 3. The first-order valence-corrected chi connectivity index (χ1v) is 6.28. The third-order valence-corrected chi connectivity index (χ3v) is 3.89. The van der Waals surface area contributed by atoms with Crippen LogP contribution in [0.3, 0.4) is 0 Å². The molecule has 0 aromatic carbocycles. The summed E-state index contributed by atoms with van der Waals surface area (Å²) in [6.45, 7) is 4.88. The van der Waals surface area contributed by atoms with Gasteiger partial charge in [-0.25, -0.2) is 0 Å². The summed E-state index contributed by atoms with van der Waals surface area (Å²) in [5, 5.41) is 0. The first-order valence-electron chi connectivity index (χ1n) is 5.64. The number of alkyl halides is 3. The second-order valence-corrected chi connectivity index (χ2v) is 4.78. The Labute approximate surface area is 102 Å². The van der Waals surface area contributed by atoms with Gasteiger partial charge >= 0.3 is 6.18 Å². The summed E-state index contributed by atoms with van der Waals surface area (Å²) in [4.78, 5) is 1.76. The molecule has 0 aromatic rings. The summed E-state index contributed by atoms with van der Waals surface area (Å²) in [6.07, 6.45) is -2.90. The minimum atomic E-state index is -4.06. The Morgan fingerprint density at radius 2 is 1.62 bits per heavy atom. The summed E-state index contributed by atoms with van der Waals surface area (Å²) >= 11 is 4.31. The van der Waals surface area contributed by atoms with E-state index in [1.807, 2.05) is 0 Å². The van der Waals surface area contributed by atoms with Crippen LogP contribution < -0.4 is 0 Å². The molecule has 0 saturated heterocycles. The second-order valence-electron chi connectivity index (χ2n) is 4.47. The van der Waals surface area contributed by atoms with Crippen LogP contribution in [-0.2, 0) is 0 Å².